The van der Waals surface area contributed by atoms with Gasteiger partial charge in [-0.05, 0) is 13.8 Å². The lowest BCUT2D eigenvalue weighted by atomic mass is 10.2. The Morgan fingerprint density at radius 2 is 2.21 bits per heavy atom. The van der Waals surface area contributed by atoms with Crippen molar-refractivity contribution in [3.63, 3.8) is 0 Å². The molecule has 1 fully saturated rings. The van der Waals surface area contributed by atoms with Crippen LogP contribution in [0.4, 0.5) is 5.13 Å². The van der Waals surface area contributed by atoms with E-state index in [1.165, 1.54) is 7.11 Å². The number of piperazine rings is 1. The van der Waals surface area contributed by atoms with Crippen molar-refractivity contribution in [1.29, 1.82) is 0 Å². The van der Waals surface area contributed by atoms with E-state index < -0.39 is 12.0 Å². The first-order chi connectivity index (χ1) is 8.93. The number of nitrogens with zero attached hydrogens (tertiary/aromatic N) is 2. The third kappa shape index (κ3) is 2.43. The summed E-state index contributed by atoms with van der Waals surface area (Å²) in [4.78, 5) is 40.7. The minimum Gasteiger partial charge on any atom is -0.465 e. The third-order valence-corrected chi connectivity index (χ3v) is 4.00. The summed E-state index contributed by atoms with van der Waals surface area (Å²) in [5.41, 5.74) is 0.525. The van der Waals surface area contributed by atoms with Gasteiger partial charge in [0.15, 0.2) is 5.13 Å². The maximum atomic E-state index is 11.6. The SMILES string of the molecule is COC(=O)c1sc(N2CC(=O)NC(=O)C2C)nc1C. The maximum Gasteiger partial charge on any atom is 0.350 e. The molecule has 0 bridgehead atoms. The molecular weight excluding hydrogens is 270 g/mol. The molecule has 0 radical (unpaired) electrons. The number of esters is 1. The number of aryl methyl sites for hydroxylation is 1. The smallest absolute Gasteiger partial charge is 0.350 e. The van der Waals surface area contributed by atoms with E-state index in [4.69, 9.17) is 0 Å². The van der Waals surface area contributed by atoms with E-state index in [0.29, 0.717) is 15.7 Å². The summed E-state index contributed by atoms with van der Waals surface area (Å²) >= 11 is 1.11. The first-order valence-corrected chi connectivity index (χ1v) is 6.41. The molecule has 1 atom stereocenters. The van der Waals surface area contributed by atoms with Crippen molar-refractivity contribution < 1.29 is 19.1 Å². The number of carbonyl (C=O) groups excluding carboxylic acids is 3. The molecule has 1 aliphatic rings. The predicted molar refractivity (Wildman–Crippen MR) is 68.1 cm³/mol. The van der Waals surface area contributed by atoms with Crippen LogP contribution in [-0.2, 0) is 14.3 Å². The van der Waals surface area contributed by atoms with Crippen molar-refractivity contribution in [3.05, 3.63) is 10.6 Å². The molecular formula is C11H13N3O4S. The normalized spacial score (nSPS) is 19.3. The van der Waals surface area contributed by atoms with Crippen LogP contribution in [0.1, 0.15) is 22.3 Å². The molecule has 1 N–H and O–H groups in total. The molecule has 1 unspecified atom stereocenters. The fourth-order valence-corrected chi connectivity index (χ4v) is 2.80. The number of nitrogens with one attached hydrogen (secondary N) is 1. The molecule has 1 aromatic heterocycles. The molecule has 7 nitrogen and oxygen atoms in total. The number of aromatic nitrogens is 1. The molecule has 1 saturated heterocycles. The summed E-state index contributed by atoms with van der Waals surface area (Å²) < 4.78 is 4.65. The van der Waals surface area contributed by atoms with Gasteiger partial charge in [-0.2, -0.15) is 0 Å². The van der Waals surface area contributed by atoms with Crippen molar-refractivity contribution >= 4 is 34.3 Å². The van der Waals surface area contributed by atoms with Gasteiger partial charge in [0.05, 0.1) is 12.8 Å². The molecule has 0 aliphatic carbocycles. The lowest BCUT2D eigenvalue weighted by Gasteiger charge is -2.31. The molecule has 102 valence electrons. The average Bonchev–Trinajstić information content (AvgIpc) is 2.74. The van der Waals surface area contributed by atoms with E-state index in [1.54, 1.807) is 18.7 Å². The number of carbonyl (C=O) groups is 3. The number of methoxy groups -OCH3 is 1. The summed E-state index contributed by atoms with van der Waals surface area (Å²) in [6.07, 6.45) is 0. The van der Waals surface area contributed by atoms with Crippen LogP contribution in [0.25, 0.3) is 0 Å². The Morgan fingerprint density at radius 1 is 1.53 bits per heavy atom. The number of amides is 2. The largest absolute Gasteiger partial charge is 0.465 e. The van der Waals surface area contributed by atoms with E-state index in [2.05, 4.69) is 15.0 Å². The Hall–Kier alpha value is -1.96. The van der Waals surface area contributed by atoms with Crippen molar-refractivity contribution in [2.24, 2.45) is 0 Å². The highest BCUT2D eigenvalue weighted by Gasteiger charge is 2.33. The van der Waals surface area contributed by atoms with Crippen LogP contribution in [0.2, 0.25) is 0 Å². The van der Waals surface area contributed by atoms with Gasteiger partial charge in [-0.15, -0.1) is 0 Å². The first kappa shape index (κ1) is 13.5. The number of hydrogen-bond donors (Lipinski definition) is 1. The Bertz CT molecular complexity index is 554. The van der Waals surface area contributed by atoms with Gasteiger partial charge >= 0.3 is 5.97 Å². The third-order valence-electron chi connectivity index (χ3n) is 2.83. The van der Waals surface area contributed by atoms with E-state index in [1.807, 2.05) is 0 Å². The molecule has 2 heterocycles. The maximum absolute atomic E-state index is 11.6. The van der Waals surface area contributed by atoms with Gasteiger partial charge < -0.3 is 9.64 Å². The Morgan fingerprint density at radius 3 is 2.84 bits per heavy atom. The van der Waals surface area contributed by atoms with Gasteiger partial charge in [-0.1, -0.05) is 11.3 Å². The number of thiazole rings is 1. The minimum absolute atomic E-state index is 0.0421. The highest BCUT2D eigenvalue weighted by atomic mass is 32.1. The van der Waals surface area contributed by atoms with Gasteiger partial charge in [0, 0.05) is 0 Å². The predicted octanol–water partition coefficient (Wildman–Crippen LogP) is 0.0894. The van der Waals surface area contributed by atoms with Crippen molar-refractivity contribution in [3.8, 4) is 0 Å². The molecule has 0 saturated carbocycles. The number of imide groups is 1. The lowest BCUT2D eigenvalue weighted by molar-refractivity contribution is -0.132. The molecule has 1 aliphatic heterocycles. The number of anilines is 1. The highest BCUT2D eigenvalue weighted by molar-refractivity contribution is 7.17. The fourth-order valence-electron chi connectivity index (χ4n) is 1.73. The summed E-state index contributed by atoms with van der Waals surface area (Å²) in [6, 6.07) is -0.506. The second-order valence-corrected chi connectivity index (χ2v) is 5.10. The van der Waals surface area contributed by atoms with Crippen LogP contribution >= 0.6 is 11.3 Å². The zero-order valence-electron chi connectivity index (χ0n) is 10.7. The Balaban J connectivity index is 2.33. The Labute approximate surface area is 113 Å². The highest BCUT2D eigenvalue weighted by Crippen LogP contribution is 2.28. The monoisotopic (exact) mass is 283 g/mol. The van der Waals surface area contributed by atoms with Gasteiger partial charge in [0.1, 0.15) is 17.5 Å². The van der Waals surface area contributed by atoms with Crippen molar-refractivity contribution in [2.75, 3.05) is 18.6 Å². The second kappa shape index (κ2) is 4.96. The summed E-state index contributed by atoms with van der Waals surface area (Å²) in [7, 11) is 1.29. The molecule has 1 aromatic rings. The van der Waals surface area contributed by atoms with E-state index in [-0.39, 0.29) is 18.4 Å². The first-order valence-electron chi connectivity index (χ1n) is 5.60. The summed E-state index contributed by atoms with van der Waals surface area (Å²) in [5, 5.41) is 2.72. The number of hydrogen-bond acceptors (Lipinski definition) is 7. The number of ether oxygens (including phenoxy) is 1. The average molecular weight is 283 g/mol. The van der Waals surface area contributed by atoms with E-state index in [9.17, 15) is 14.4 Å². The van der Waals surface area contributed by atoms with Crippen LogP contribution in [-0.4, -0.2) is 42.5 Å². The van der Waals surface area contributed by atoms with Gasteiger partial charge in [-0.25, -0.2) is 9.78 Å². The minimum atomic E-state index is -0.506. The van der Waals surface area contributed by atoms with Crippen molar-refractivity contribution in [2.45, 2.75) is 19.9 Å². The molecule has 0 spiro atoms. The molecule has 19 heavy (non-hydrogen) atoms. The zero-order chi connectivity index (χ0) is 14.2. The van der Waals surface area contributed by atoms with Crippen LogP contribution in [0, 0.1) is 6.92 Å². The van der Waals surface area contributed by atoms with Crippen LogP contribution in [0.15, 0.2) is 0 Å². The van der Waals surface area contributed by atoms with E-state index >= 15 is 0 Å². The Kier molecular flexibility index (Phi) is 3.52. The fraction of sp³-hybridized carbons (Fsp3) is 0.455. The van der Waals surface area contributed by atoms with Crippen molar-refractivity contribution in [1.82, 2.24) is 10.3 Å². The second-order valence-electron chi connectivity index (χ2n) is 4.12. The van der Waals surface area contributed by atoms with Gasteiger partial charge in [0.25, 0.3) is 0 Å². The standard InChI is InChI=1S/C11H13N3O4S/c1-5-8(10(17)18-3)19-11(12-5)14-4-7(15)13-9(16)6(14)2/h6H,4H2,1-3H3,(H,13,15,16). The molecule has 2 rings (SSSR count). The summed E-state index contributed by atoms with van der Waals surface area (Å²) in [6.45, 7) is 3.40. The van der Waals surface area contributed by atoms with Gasteiger partial charge in [-0.3, -0.25) is 14.9 Å². The van der Waals surface area contributed by atoms with E-state index in [0.717, 1.165) is 11.3 Å². The molecule has 2 amide bonds. The lowest BCUT2D eigenvalue weighted by Crippen LogP contribution is -2.57. The molecule has 0 aromatic carbocycles. The number of rotatable bonds is 2. The van der Waals surface area contributed by atoms with Crippen LogP contribution in [0.5, 0.6) is 0 Å². The quantitative estimate of drug-likeness (QED) is 0.611. The summed E-state index contributed by atoms with van der Waals surface area (Å²) in [5.74, 6) is -1.22. The zero-order valence-corrected chi connectivity index (χ0v) is 11.5. The van der Waals surface area contributed by atoms with Crippen LogP contribution < -0.4 is 10.2 Å². The topological polar surface area (TPSA) is 88.6 Å². The van der Waals surface area contributed by atoms with Crippen LogP contribution in [0.3, 0.4) is 0 Å². The molecule has 8 heteroatoms. The van der Waals surface area contributed by atoms with Gasteiger partial charge in [0.2, 0.25) is 11.8 Å².